The highest BCUT2D eigenvalue weighted by Gasteiger charge is 2.31. The molecule has 0 bridgehead atoms. The Kier molecular flexibility index (Phi) is 3.39. The van der Waals surface area contributed by atoms with Gasteiger partial charge in [-0.1, -0.05) is 24.3 Å². The van der Waals surface area contributed by atoms with E-state index in [0.717, 1.165) is 12.0 Å². The highest BCUT2D eigenvalue weighted by atomic mass is 16.4. The molecule has 0 saturated heterocycles. The lowest BCUT2D eigenvalue weighted by Crippen LogP contribution is -2.30. The standard InChI is InChI=1S/C16H14N2O3/c19-15(20)8-11-5-6-12(9-17-11)18-16(21)14-7-10-3-1-2-4-13(10)14/h1-6,9,14H,7-8H2,(H,18,21)(H,19,20). The first-order valence-corrected chi connectivity index (χ1v) is 6.69. The van der Waals surface area contributed by atoms with E-state index in [1.807, 2.05) is 24.3 Å². The number of carboxylic acid groups (broad SMARTS) is 1. The smallest absolute Gasteiger partial charge is 0.309 e. The normalized spacial score (nSPS) is 15.7. The van der Waals surface area contributed by atoms with Gasteiger partial charge in [0.15, 0.2) is 0 Å². The Labute approximate surface area is 121 Å². The zero-order valence-electron chi connectivity index (χ0n) is 11.2. The molecule has 5 nitrogen and oxygen atoms in total. The van der Waals surface area contributed by atoms with Gasteiger partial charge in [-0.3, -0.25) is 14.6 Å². The van der Waals surface area contributed by atoms with Gasteiger partial charge in [0.25, 0.3) is 0 Å². The number of pyridine rings is 1. The van der Waals surface area contributed by atoms with Crippen LogP contribution in [0.4, 0.5) is 5.69 Å². The maximum absolute atomic E-state index is 12.2. The van der Waals surface area contributed by atoms with Crippen molar-refractivity contribution in [1.29, 1.82) is 0 Å². The molecule has 3 rings (SSSR count). The van der Waals surface area contributed by atoms with E-state index >= 15 is 0 Å². The number of amides is 1. The van der Waals surface area contributed by atoms with Crippen molar-refractivity contribution in [3.8, 4) is 0 Å². The van der Waals surface area contributed by atoms with Crippen molar-refractivity contribution in [2.75, 3.05) is 5.32 Å². The van der Waals surface area contributed by atoms with Crippen molar-refractivity contribution in [3.05, 3.63) is 59.4 Å². The Hall–Kier alpha value is -2.69. The van der Waals surface area contributed by atoms with E-state index in [-0.39, 0.29) is 18.2 Å². The molecule has 5 heteroatoms. The highest BCUT2D eigenvalue weighted by molar-refractivity contribution is 5.97. The first-order chi connectivity index (χ1) is 10.1. The molecule has 1 heterocycles. The minimum Gasteiger partial charge on any atom is -0.481 e. The number of fused-ring (bicyclic) bond motifs is 1. The van der Waals surface area contributed by atoms with E-state index in [1.165, 1.54) is 11.8 Å². The van der Waals surface area contributed by atoms with Gasteiger partial charge >= 0.3 is 5.97 Å². The average Bonchev–Trinajstić information content (AvgIpc) is 2.42. The van der Waals surface area contributed by atoms with Gasteiger partial charge in [0, 0.05) is 0 Å². The third kappa shape index (κ3) is 2.76. The molecule has 21 heavy (non-hydrogen) atoms. The number of anilines is 1. The number of aromatic nitrogens is 1. The third-order valence-corrected chi connectivity index (χ3v) is 3.60. The lowest BCUT2D eigenvalue weighted by Gasteiger charge is -2.28. The van der Waals surface area contributed by atoms with E-state index in [1.54, 1.807) is 12.1 Å². The second kappa shape index (κ2) is 5.36. The van der Waals surface area contributed by atoms with E-state index in [4.69, 9.17) is 5.11 Å². The molecule has 2 N–H and O–H groups in total. The Balaban J connectivity index is 1.65. The Morgan fingerprint density at radius 3 is 2.71 bits per heavy atom. The highest BCUT2D eigenvalue weighted by Crippen LogP contribution is 2.35. The summed E-state index contributed by atoms with van der Waals surface area (Å²) < 4.78 is 0. The van der Waals surface area contributed by atoms with Crippen LogP contribution >= 0.6 is 0 Å². The van der Waals surface area contributed by atoms with E-state index in [0.29, 0.717) is 11.4 Å². The predicted molar refractivity (Wildman–Crippen MR) is 77.1 cm³/mol. The van der Waals surface area contributed by atoms with Gasteiger partial charge in [-0.05, 0) is 29.7 Å². The maximum Gasteiger partial charge on any atom is 0.309 e. The summed E-state index contributed by atoms with van der Waals surface area (Å²) in [5, 5.41) is 11.5. The molecule has 1 aromatic carbocycles. The van der Waals surface area contributed by atoms with E-state index in [9.17, 15) is 9.59 Å². The molecule has 1 aromatic heterocycles. The SMILES string of the molecule is O=C(O)Cc1ccc(NC(=O)C2Cc3ccccc32)cn1. The second-order valence-corrected chi connectivity index (χ2v) is 5.05. The van der Waals surface area contributed by atoms with Crippen molar-refractivity contribution in [3.63, 3.8) is 0 Å². The summed E-state index contributed by atoms with van der Waals surface area (Å²) in [4.78, 5) is 26.8. The van der Waals surface area contributed by atoms with Crippen molar-refractivity contribution in [1.82, 2.24) is 4.98 Å². The van der Waals surface area contributed by atoms with E-state index < -0.39 is 5.97 Å². The summed E-state index contributed by atoms with van der Waals surface area (Å²) in [6.45, 7) is 0. The first kappa shape index (κ1) is 13.3. The molecule has 0 saturated carbocycles. The largest absolute Gasteiger partial charge is 0.481 e. The molecule has 106 valence electrons. The van der Waals surface area contributed by atoms with Crippen molar-refractivity contribution < 1.29 is 14.7 Å². The second-order valence-electron chi connectivity index (χ2n) is 5.05. The molecular weight excluding hydrogens is 268 g/mol. The maximum atomic E-state index is 12.2. The van der Waals surface area contributed by atoms with Crippen LogP contribution in [-0.4, -0.2) is 22.0 Å². The lowest BCUT2D eigenvalue weighted by molar-refractivity contribution is -0.136. The molecule has 0 radical (unpaired) electrons. The number of hydrogen-bond acceptors (Lipinski definition) is 3. The molecule has 1 amide bonds. The number of benzene rings is 1. The Bertz CT molecular complexity index is 695. The van der Waals surface area contributed by atoms with Crippen LogP contribution in [-0.2, 0) is 22.4 Å². The summed E-state index contributed by atoms with van der Waals surface area (Å²) in [5.74, 6) is -1.09. The molecule has 1 unspecified atom stereocenters. The summed E-state index contributed by atoms with van der Waals surface area (Å²) in [5.41, 5.74) is 3.34. The van der Waals surface area contributed by atoms with Crippen LogP contribution in [0.15, 0.2) is 42.6 Å². The monoisotopic (exact) mass is 282 g/mol. The number of aliphatic carboxylic acids is 1. The van der Waals surface area contributed by atoms with Crippen LogP contribution in [0, 0.1) is 0 Å². The van der Waals surface area contributed by atoms with Gasteiger partial charge in [0.1, 0.15) is 0 Å². The molecule has 0 fully saturated rings. The van der Waals surface area contributed by atoms with Gasteiger partial charge in [-0.15, -0.1) is 0 Å². The minimum atomic E-state index is -0.926. The summed E-state index contributed by atoms with van der Waals surface area (Å²) in [7, 11) is 0. The fourth-order valence-corrected chi connectivity index (χ4v) is 2.48. The van der Waals surface area contributed by atoms with Gasteiger partial charge in [-0.2, -0.15) is 0 Å². The van der Waals surface area contributed by atoms with E-state index in [2.05, 4.69) is 10.3 Å². The van der Waals surface area contributed by atoms with Crippen LogP contribution in [0.3, 0.4) is 0 Å². The van der Waals surface area contributed by atoms with Crippen molar-refractivity contribution in [2.24, 2.45) is 0 Å². The number of nitrogens with one attached hydrogen (secondary N) is 1. The quantitative estimate of drug-likeness (QED) is 0.898. The zero-order valence-corrected chi connectivity index (χ0v) is 11.2. The lowest BCUT2D eigenvalue weighted by atomic mass is 9.77. The Morgan fingerprint density at radius 2 is 2.05 bits per heavy atom. The predicted octanol–water partition coefficient (Wildman–Crippen LogP) is 1.99. The Morgan fingerprint density at radius 1 is 1.24 bits per heavy atom. The van der Waals surface area contributed by atoms with Crippen LogP contribution in [0.1, 0.15) is 22.7 Å². The summed E-state index contributed by atoms with van der Waals surface area (Å²) in [6, 6.07) is 11.2. The van der Waals surface area contributed by atoms with Gasteiger partial charge in [-0.25, -0.2) is 0 Å². The number of carbonyl (C=O) groups is 2. The fourth-order valence-electron chi connectivity index (χ4n) is 2.48. The number of rotatable bonds is 4. The van der Waals surface area contributed by atoms with Crippen LogP contribution in [0.5, 0.6) is 0 Å². The number of carbonyl (C=O) groups excluding carboxylic acids is 1. The molecule has 1 atom stereocenters. The van der Waals surface area contributed by atoms with Gasteiger partial charge in [0.2, 0.25) is 5.91 Å². The van der Waals surface area contributed by atoms with Gasteiger partial charge < -0.3 is 10.4 Å². The van der Waals surface area contributed by atoms with Crippen LogP contribution < -0.4 is 5.32 Å². The number of nitrogens with zero attached hydrogens (tertiary/aromatic N) is 1. The number of carboxylic acids is 1. The van der Waals surface area contributed by atoms with Crippen molar-refractivity contribution >= 4 is 17.6 Å². The zero-order chi connectivity index (χ0) is 14.8. The molecule has 0 spiro atoms. The fraction of sp³-hybridized carbons (Fsp3) is 0.188. The van der Waals surface area contributed by atoms with Crippen LogP contribution in [0.2, 0.25) is 0 Å². The molecule has 1 aliphatic rings. The first-order valence-electron chi connectivity index (χ1n) is 6.69. The topological polar surface area (TPSA) is 79.3 Å². The molecule has 2 aromatic rings. The summed E-state index contributed by atoms with van der Waals surface area (Å²) in [6.07, 6.45) is 2.12. The van der Waals surface area contributed by atoms with Crippen molar-refractivity contribution in [2.45, 2.75) is 18.8 Å². The molecule has 0 aliphatic heterocycles. The van der Waals surface area contributed by atoms with Crippen LogP contribution in [0.25, 0.3) is 0 Å². The van der Waals surface area contributed by atoms with Gasteiger partial charge in [0.05, 0.1) is 29.9 Å². The average molecular weight is 282 g/mol. The third-order valence-electron chi connectivity index (χ3n) is 3.60. The molecule has 1 aliphatic carbocycles. The number of hydrogen-bond donors (Lipinski definition) is 2. The minimum absolute atomic E-state index is 0.0542. The summed E-state index contributed by atoms with van der Waals surface area (Å²) >= 11 is 0. The molecular formula is C16H14N2O3.